The Balaban J connectivity index is 1.95. The number of thiazole rings is 1. The van der Waals surface area contributed by atoms with Gasteiger partial charge in [0.05, 0.1) is 28.0 Å². The van der Waals surface area contributed by atoms with Crippen LogP contribution < -0.4 is 9.46 Å². The number of aryl methyl sites for hydroxylation is 2. The van der Waals surface area contributed by atoms with Gasteiger partial charge in [0, 0.05) is 0 Å². The average molecular weight is 377 g/mol. The van der Waals surface area contributed by atoms with Crippen molar-refractivity contribution < 1.29 is 13.2 Å². The van der Waals surface area contributed by atoms with Gasteiger partial charge in [-0.2, -0.15) is 0 Å². The predicted octanol–water partition coefficient (Wildman–Crippen LogP) is 4.37. The molecule has 3 rings (SSSR count). The van der Waals surface area contributed by atoms with Gasteiger partial charge >= 0.3 is 0 Å². The third-order valence-corrected chi connectivity index (χ3v) is 6.24. The summed E-state index contributed by atoms with van der Waals surface area (Å²) in [5.41, 5.74) is 2.26. The molecular formula is C18H20N2O3S2. The number of aromatic nitrogens is 1. The first kappa shape index (κ1) is 17.7. The fraction of sp³-hybridized carbons (Fsp3) is 0.278. The molecule has 0 aliphatic rings. The fourth-order valence-electron chi connectivity index (χ4n) is 2.56. The second kappa shape index (κ2) is 7.01. The van der Waals surface area contributed by atoms with Crippen LogP contribution in [0, 0.1) is 6.92 Å². The molecule has 0 amide bonds. The monoisotopic (exact) mass is 376 g/mol. The van der Waals surface area contributed by atoms with E-state index in [0.29, 0.717) is 11.4 Å². The van der Waals surface area contributed by atoms with Crippen LogP contribution in [0.3, 0.4) is 0 Å². The maximum Gasteiger partial charge on any atom is 0.265 e. The van der Waals surface area contributed by atoms with Crippen LogP contribution in [0.5, 0.6) is 5.75 Å². The highest BCUT2D eigenvalue weighted by molar-refractivity contribution is 7.92. The molecule has 0 saturated heterocycles. The number of sulfonamides is 1. The molecule has 0 atom stereocenters. The second-order valence-electron chi connectivity index (χ2n) is 5.80. The molecule has 0 radical (unpaired) electrons. The van der Waals surface area contributed by atoms with E-state index in [4.69, 9.17) is 4.74 Å². The lowest BCUT2D eigenvalue weighted by Gasteiger charge is -2.12. The van der Waals surface area contributed by atoms with Crippen LogP contribution in [0.2, 0.25) is 0 Å². The highest BCUT2D eigenvalue weighted by atomic mass is 32.2. The molecule has 5 nitrogen and oxygen atoms in total. The van der Waals surface area contributed by atoms with Crippen molar-refractivity contribution in [3.05, 3.63) is 47.0 Å². The van der Waals surface area contributed by atoms with Crippen molar-refractivity contribution in [2.24, 2.45) is 0 Å². The third kappa shape index (κ3) is 3.77. The predicted molar refractivity (Wildman–Crippen MR) is 102 cm³/mol. The fourth-order valence-corrected chi connectivity index (χ4v) is 4.97. The molecule has 132 valence electrons. The number of benzene rings is 2. The maximum atomic E-state index is 12.8. The number of nitrogens with zero attached hydrogens (tertiary/aromatic N) is 1. The molecule has 2 aromatic carbocycles. The zero-order valence-corrected chi connectivity index (χ0v) is 16.0. The Hall–Kier alpha value is -2.12. The number of hydrogen-bond acceptors (Lipinski definition) is 5. The summed E-state index contributed by atoms with van der Waals surface area (Å²) in [7, 11) is -2.28. The highest BCUT2D eigenvalue weighted by Gasteiger charge is 2.20. The third-order valence-electron chi connectivity index (χ3n) is 3.76. The summed E-state index contributed by atoms with van der Waals surface area (Å²) in [6.07, 6.45) is 1.97. The van der Waals surface area contributed by atoms with Gasteiger partial charge in [-0.05, 0) is 55.7 Å². The summed E-state index contributed by atoms with van der Waals surface area (Å²) in [6.45, 7) is 3.96. The minimum atomic E-state index is -3.74. The summed E-state index contributed by atoms with van der Waals surface area (Å²) in [6, 6.07) is 10.5. The molecule has 7 heteroatoms. The van der Waals surface area contributed by atoms with E-state index in [0.717, 1.165) is 33.6 Å². The quantitative estimate of drug-likeness (QED) is 0.694. The van der Waals surface area contributed by atoms with E-state index in [-0.39, 0.29) is 4.90 Å². The standard InChI is InChI=1S/C18H20N2O3S2/c1-4-5-18-19-14-8-7-13(11-16(14)24-18)20-25(21,22)17-10-12(2)6-9-15(17)23-3/h6-11,20H,4-5H2,1-3H3. The lowest BCUT2D eigenvalue weighted by molar-refractivity contribution is 0.402. The van der Waals surface area contributed by atoms with Gasteiger partial charge in [-0.15, -0.1) is 11.3 Å². The molecule has 0 aliphatic heterocycles. The van der Waals surface area contributed by atoms with Gasteiger partial charge in [-0.3, -0.25) is 4.72 Å². The Morgan fingerprint density at radius 2 is 2.00 bits per heavy atom. The first-order valence-electron chi connectivity index (χ1n) is 8.00. The van der Waals surface area contributed by atoms with Crippen molar-refractivity contribution in [1.82, 2.24) is 4.98 Å². The van der Waals surface area contributed by atoms with Gasteiger partial charge in [0.25, 0.3) is 10.0 Å². The van der Waals surface area contributed by atoms with Crippen LogP contribution in [-0.2, 0) is 16.4 Å². The lowest BCUT2D eigenvalue weighted by Crippen LogP contribution is -2.14. The SMILES string of the molecule is CCCc1nc2ccc(NS(=O)(=O)c3cc(C)ccc3OC)cc2s1. The van der Waals surface area contributed by atoms with E-state index >= 15 is 0 Å². The number of methoxy groups -OCH3 is 1. The summed E-state index contributed by atoms with van der Waals surface area (Å²) < 4.78 is 34.4. The average Bonchev–Trinajstić information content (AvgIpc) is 2.96. The molecular weight excluding hydrogens is 356 g/mol. The molecule has 1 N–H and O–H groups in total. The molecule has 25 heavy (non-hydrogen) atoms. The minimum Gasteiger partial charge on any atom is -0.495 e. The van der Waals surface area contributed by atoms with E-state index in [1.54, 1.807) is 29.5 Å². The lowest BCUT2D eigenvalue weighted by atomic mass is 10.2. The van der Waals surface area contributed by atoms with Crippen LogP contribution in [0.25, 0.3) is 10.2 Å². The maximum absolute atomic E-state index is 12.8. The summed E-state index contributed by atoms with van der Waals surface area (Å²) in [5.74, 6) is 0.321. The number of ether oxygens (including phenoxy) is 1. The first-order valence-corrected chi connectivity index (χ1v) is 10.3. The van der Waals surface area contributed by atoms with E-state index in [1.165, 1.54) is 7.11 Å². The van der Waals surface area contributed by atoms with Crippen LogP contribution in [0.4, 0.5) is 5.69 Å². The molecule has 0 saturated carbocycles. The van der Waals surface area contributed by atoms with Crippen LogP contribution >= 0.6 is 11.3 Å². The minimum absolute atomic E-state index is 0.131. The van der Waals surface area contributed by atoms with Crippen molar-refractivity contribution >= 4 is 37.3 Å². The van der Waals surface area contributed by atoms with Gasteiger partial charge in [0.1, 0.15) is 10.6 Å². The zero-order valence-electron chi connectivity index (χ0n) is 14.4. The molecule has 0 aliphatic carbocycles. The Morgan fingerprint density at radius 3 is 2.72 bits per heavy atom. The Labute approximate surface area is 151 Å². The summed E-state index contributed by atoms with van der Waals surface area (Å²) >= 11 is 1.60. The van der Waals surface area contributed by atoms with Gasteiger partial charge < -0.3 is 4.74 Å². The van der Waals surface area contributed by atoms with Crippen molar-refractivity contribution in [3.8, 4) is 5.75 Å². The van der Waals surface area contributed by atoms with E-state index in [9.17, 15) is 8.42 Å². The Morgan fingerprint density at radius 1 is 1.20 bits per heavy atom. The molecule has 0 spiro atoms. The zero-order chi connectivity index (χ0) is 18.0. The van der Waals surface area contributed by atoms with Gasteiger partial charge in [-0.25, -0.2) is 13.4 Å². The van der Waals surface area contributed by atoms with Crippen LogP contribution in [0.15, 0.2) is 41.3 Å². The molecule has 0 fully saturated rings. The van der Waals surface area contributed by atoms with Gasteiger partial charge in [0.15, 0.2) is 0 Å². The highest BCUT2D eigenvalue weighted by Crippen LogP contribution is 2.30. The Kier molecular flexibility index (Phi) is 4.96. The Bertz CT molecular complexity index is 1010. The number of rotatable bonds is 6. The summed E-state index contributed by atoms with van der Waals surface area (Å²) in [4.78, 5) is 4.69. The summed E-state index contributed by atoms with van der Waals surface area (Å²) in [5, 5.41) is 1.07. The van der Waals surface area contributed by atoms with Crippen LogP contribution in [0.1, 0.15) is 23.9 Å². The number of fused-ring (bicyclic) bond motifs is 1. The van der Waals surface area contributed by atoms with E-state index in [1.807, 2.05) is 25.1 Å². The normalized spacial score (nSPS) is 11.6. The molecule has 0 bridgehead atoms. The van der Waals surface area contributed by atoms with Gasteiger partial charge in [0.2, 0.25) is 0 Å². The van der Waals surface area contributed by atoms with Crippen molar-refractivity contribution in [2.75, 3.05) is 11.8 Å². The molecule has 1 heterocycles. The number of nitrogens with one attached hydrogen (secondary N) is 1. The second-order valence-corrected chi connectivity index (χ2v) is 8.57. The van der Waals surface area contributed by atoms with Crippen molar-refractivity contribution in [3.63, 3.8) is 0 Å². The van der Waals surface area contributed by atoms with Crippen molar-refractivity contribution in [2.45, 2.75) is 31.6 Å². The number of anilines is 1. The number of hydrogen-bond donors (Lipinski definition) is 1. The molecule has 0 unspecified atom stereocenters. The molecule has 1 aromatic heterocycles. The smallest absolute Gasteiger partial charge is 0.265 e. The first-order chi connectivity index (χ1) is 11.9. The largest absolute Gasteiger partial charge is 0.495 e. The van der Waals surface area contributed by atoms with Crippen LogP contribution in [-0.4, -0.2) is 20.5 Å². The molecule has 3 aromatic rings. The van der Waals surface area contributed by atoms with E-state index in [2.05, 4.69) is 16.6 Å². The van der Waals surface area contributed by atoms with E-state index < -0.39 is 10.0 Å². The van der Waals surface area contributed by atoms with Crippen molar-refractivity contribution in [1.29, 1.82) is 0 Å². The van der Waals surface area contributed by atoms with Gasteiger partial charge in [-0.1, -0.05) is 13.0 Å². The topological polar surface area (TPSA) is 68.3 Å².